The average Bonchev–Trinajstić information content (AvgIpc) is 2.53. The molecule has 0 unspecified atom stereocenters. The second kappa shape index (κ2) is 4.73. The van der Waals surface area contributed by atoms with Crippen LogP contribution >= 0.6 is 0 Å². The maximum Gasteiger partial charge on any atom is 0.258 e. The number of aromatic amines is 1. The number of fused-ring (bicyclic) bond motifs is 2. The van der Waals surface area contributed by atoms with Crippen LogP contribution in [-0.4, -0.2) is 15.1 Å². The Morgan fingerprint density at radius 1 is 1.14 bits per heavy atom. The molecule has 1 aliphatic rings. The highest BCUT2D eigenvalue weighted by atomic mass is 16.5. The van der Waals surface area contributed by atoms with E-state index in [-0.39, 0.29) is 11.3 Å². The van der Waals surface area contributed by atoms with Crippen molar-refractivity contribution in [2.24, 2.45) is 0 Å². The van der Waals surface area contributed by atoms with E-state index in [2.05, 4.69) is 9.97 Å². The van der Waals surface area contributed by atoms with E-state index in [1.807, 2.05) is 24.3 Å². The maximum atomic E-state index is 12.3. The van der Waals surface area contributed by atoms with Crippen LogP contribution in [-0.2, 0) is 6.42 Å². The van der Waals surface area contributed by atoms with Crippen LogP contribution < -0.4 is 10.3 Å². The zero-order valence-corrected chi connectivity index (χ0v) is 11.5. The van der Waals surface area contributed by atoms with Crippen LogP contribution in [0.15, 0.2) is 53.3 Å². The highest BCUT2D eigenvalue weighted by molar-refractivity contribution is 5.59. The number of para-hydroxylation sites is 1. The Morgan fingerprint density at radius 3 is 2.86 bits per heavy atom. The number of aromatic nitrogens is 2. The summed E-state index contributed by atoms with van der Waals surface area (Å²) >= 11 is 0. The summed E-state index contributed by atoms with van der Waals surface area (Å²) in [5.74, 6) is 1.53. The van der Waals surface area contributed by atoms with E-state index in [4.69, 9.17) is 4.74 Å². The van der Waals surface area contributed by atoms with Crippen molar-refractivity contribution in [1.29, 1.82) is 0 Å². The fourth-order valence-electron chi connectivity index (χ4n) is 2.55. The van der Waals surface area contributed by atoms with Crippen molar-refractivity contribution >= 4 is 0 Å². The molecule has 0 amide bonds. The van der Waals surface area contributed by atoms with Gasteiger partial charge < -0.3 is 14.8 Å². The summed E-state index contributed by atoms with van der Waals surface area (Å²) in [5, 5.41) is 9.56. The van der Waals surface area contributed by atoms with E-state index in [0.717, 1.165) is 11.3 Å². The third-order valence-electron chi connectivity index (χ3n) is 3.64. The molecule has 4 rings (SSSR count). The van der Waals surface area contributed by atoms with Gasteiger partial charge in [0.1, 0.15) is 17.3 Å². The molecule has 1 aliphatic heterocycles. The highest BCUT2D eigenvalue weighted by Crippen LogP contribution is 2.34. The third-order valence-corrected chi connectivity index (χ3v) is 3.64. The van der Waals surface area contributed by atoms with Crippen LogP contribution in [0.4, 0.5) is 0 Å². The Hall–Kier alpha value is -3.08. The molecule has 2 heterocycles. The van der Waals surface area contributed by atoms with Gasteiger partial charge in [0.15, 0.2) is 0 Å². The molecule has 2 N–H and O–H groups in total. The Morgan fingerprint density at radius 2 is 2.00 bits per heavy atom. The van der Waals surface area contributed by atoms with E-state index < -0.39 is 0 Å². The quantitative estimate of drug-likeness (QED) is 0.565. The van der Waals surface area contributed by atoms with Gasteiger partial charge in [0.2, 0.25) is 5.88 Å². The molecule has 108 valence electrons. The molecule has 0 saturated carbocycles. The van der Waals surface area contributed by atoms with Crippen molar-refractivity contribution in [1.82, 2.24) is 9.97 Å². The Bertz CT molecular complexity index is 931. The van der Waals surface area contributed by atoms with Crippen molar-refractivity contribution in [3.05, 3.63) is 70.0 Å². The van der Waals surface area contributed by atoms with Gasteiger partial charge in [-0.05, 0) is 23.8 Å². The fourth-order valence-corrected chi connectivity index (χ4v) is 2.55. The smallest absolute Gasteiger partial charge is 0.258 e. The van der Waals surface area contributed by atoms with Crippen LogP contribution in [0.3, 0.4) is 0 Å². The lowest BCUT2D eigenvalue weighted by Crippen LogP contribution is -2.20. The molecule has 0 spiro atoms. The van der Waals surface area contributed by atoms with Gasteiger partial charge >= 0.3 is 0 Å². The first-order valence-corrected chi connectivity index (χ1v) is 6.89. The molecular formula is C17H12N2O3. The number of phenolic OH excluding ortho intramolecular Hbond substituents is 1. The van der Waals surface area contributed by atoms with Crippen LogP contribution in [0.25, 0.3) is 11.4 Å². The van der Waals surface area contributed by atoms with E-state index in [1.165, 1.54) is 0 Å². The first-order chi connectivity index (χ1) is 10.7. The zero-order chi connectivity index (χ0) is 15.1. The minimum absolute atomic E-state index is 0.115. The summed E-state index contributed by atoms with van der Waals surface area (Å²) in [6.07, 6.45) is 0.494. The normalized spacial score (nSPS) is 12.2. The van der Waals surface area contributed by atoms with Gasteiger partial charge in [0.05, 0.1) is 5.56 Å². The van der Waals surface area contributed by atoms with Gasteiger partial charge in [-0.2, -0.15) is 4.98 Å². The van der Waals surface area contributed by atoms with Crippen molar-refractivity contribution < 1.29 is 9.84 Å². The number of rotatable bonds is 1. The number of H-pyrrole nitrogens is 1. The number of hydrogen-bond acceptors (Lipinski definition) is 4. The lowest BCUT2D eigenvalue weighted by atomic mass is 10.0. The molecule has 22 heavy (non-hydrogen) atoms. The lowest BCUT2D eigenvalue weighted by Gasteiger charge is -2.18. The minimum Gasteiger partial charge on any atom is -0.508 e. The zero-order valence-electron chi connectivity index (χ0n) is 11.5. The molecule has 2 aromatic carbocycles. The molecule has 1 aromatic heterocycles. The number of nitrogens with one attached hydrogen (secondary N) is 1. The molecule has 0 saturated heterocycles. The first-order valence-electron chi connectivity index (χ1n) is 6.89. The predicted octanol–water partition coefficient (Wildman–Crippen LogP) is 2.84. The van der Waals surface area contributed by atoms with Crippen LogP contribution in [0, 0.1) is 0 Å². The molecule has 0 fully saturated rings. The van der Waals surface area contributed by atoms with Gasteiger partial charge in [0, 0.05) is 12.0 Å². The Kier molecular flexibility index (Phi) is 2.72. The SMILES string of the molecule is O=c1[nH]c(-c2cccc(O)c2)nc2c1Cc1ccccc1O2. The number of phenols is 1. The summed E-state index contributed by atoms with van der Waals surface area (Å²) < 4.78 is 5.76. The Labute approximate surface area is 125 Å². The van der Waals surface area contributed by atoms with Gasteiger partial charge in [-0.25, -0.2) is 0 Å². The minimum atomic E-state index is -0.224. The fraction of sp³-hybridized carbons (Fsp3) is 0.0588. The Balaban J connectivity index is 1.84. The lowest BCUT2D eigenvalue weighted by molar-refractivity contribution is 0.438. The van der Waals surface area contributed by atoms with Crippen LogP contribution in [0.5, 0.6) is 17.4 Å². The number of hydrogen-bond donors (Lipinski definition) is 2. The van der Waals surface area contributed by atoms with Gasteiger partial charge in [-0.1, -0.05) is 30.3 Å². The van der Waals surface area contributed by atoms with Crippen molar-refractivity contribution in [3.63, 3.8) is 0 Å². The van der Waals surface area contributed by atoms with E-state index in [1.54, 1.807) is 24.3 Å². The topological polar surface area (TPSA) is 75.2 Å². The predicted molar refractivity (Wildman–Crippen MR) is 81.3 cm³/mol. The summed E-state index contributed by atoms with van der Waals surface area (Å²) in [5.41, 5.74) is 1.88. The molecule has 0 radical (unpaired) electrons. The number of nitrogens with zero attached hydrogens (tertiary/aromatic N) is 1. The molecular weight excluding hydrogens is 280 g/mol. The van der Waals surface area contributed by atoms with Crippen molar-refractivity contribution in [3.8, 4) is 28.8 Å². The van der Waals surface area contributed by atoms with Crippen molar-refractivity contribution in [2.75, 3.05) is 0 Å². The maximum absolute atomic E-state index is 12.3. The van der Waals surface area contributed by atoms with Crippen LogP contribution in [0.1, 0.15) is 11.1 Å². The van der Waals surface area contributed by atoms with Gasteiger partial charge in [-0.3, -0.25) is 4.79 Å². The molecule has 5 heteroatoms. The van der Waals surface area contributed by atoms with E-state index in [0.29, 0.717) is 29.3 Å². The van der Waals surface area contributed by atoms with E-state index in [9.17, 15) is 9.90 Å². The van der Waals surface area contributed by atoms with Gasteiger partial charge in [-0.15, -0.1) is 0 Å². The second-order valence-corrected chi connectivity index (χ2v) is 5.14. The number of benzene rings is 2. The summed E-state index contributed by atoms with van der Waals surface area (Å²) in [7, 11) is 0. The first kappa shape index (κ1) is 12.6. The number of ether oxygens (including phenoxy) is 1. The standard InChI is InChI=1S/C17H12N2O3/c20-12-6-3-5-11(8-12)15-18-16(21)13-9-10-4-1-2-7-14(10)22-17(13)19-15/h1-8,20H,9H2,(H,18,19,21). The van der Waals surface area contributed by atoms with E-state index >= 15 is 0 Å². The molecule has 0 bridgehead atoms. The summed E-state index contributed by atoms with van der Waals surface area (Å²) in [4.78, 5) is 19.5. The summed E-state index contributed by atoms with van der Waals surface area (Å²) in [6.45, 7) is 0. The second-order valence-electron chi connectivity index (χ2n) is 5.14. The third kappa shape index (κ3) is 2.03. The molecule has 0 atom stereocenters. The van der Waals surface area contributed by atoms with Gasteiger partial charge in [0.25, 0.3) is 5.56 Å². The molecule has 0 aliphatic carbocycles. The molecule has 3 aromatic rings. The highest BCUT2D eigenvalue weighted by Gasteiger charge is 2.22. The average molecular weight is 292 g/mol. The molecule has 5 nitrogen and oxygen atoms in total. The van der Waals surface area contributed by atoms with Crippen molar-refractivity contribution in [2.45, 2.75) is 6.42 Å². The number of aromatic hydroxyl groups is 1. The monoisotopic (exact) mass is 292 g/mol. The largest absolute Gasteiger partial charge is 0.508 e. The summed E-state index contributed by atoms with van der Waals surface area (Å²) in [6, 6.07) is 14.1. The van der Waals surface area contributed by atoms with Crippen LogP contribution in [0.2, 0.25) is 0 Å².